The van der Waals surface area contributed by atoms with Gasteiger partial charge in [-0.15, -0.1) is 0 Å². The van der Waals surface area contributed by atoms with Crippen LogP contribution < -0.4 is 10.6 Å². The van der Waals surface area contributed by atoms with Crippen LogP contribution in [0.2, 0.25) is 0 Å². The summed E-state index contributed by atoms with van der Waals surface area (Å²) in [6, 6.07) is 5.43. The summed E-state index contributed by atoms with van der Waals surface area (Å²) in [5.74, 6) is -2.16. The Labute approximate surface area is 144 Å². The molecule has 25 heavy (non-hydrogen) atoms. The number of aromatic carboxylic acids is 1. The van der Waals surface area contributed by atoms with E-state index in [-0.39, 0.29) is 33.0 Å². The van der Waals surface area contributed by atoms with Crippen molar-refractivity contribution >= 4 is 34.8 Å². The Balaban J connectivity index is 2.96. The molecule has 0 bridgehead atoms. The van der Waals surface area contributed by atoms with Crippen molar-refractivity contribution in [3.8, 4) is 0 Å². The minimum Gasteiger partial charge on any atom is -0.478 e. The molecule has 130 valence electrons. The molecule has 2 aromatic carbocycles. The van der Waals surface area contributed by atoms with Crippen molar-refractivity contribution in [1.29, 1.82) is 0 Å². The van der Waals surface area contributed by atoms with E-state index >= 15 is 0 Å². The van der Waals surface area contributed by atoms with Crippen molar-refractivity contribution in [3.05, 3.63) is 46.5 Å². The van der Waals surface area contributed by atoms with Gasteiger partial charge in [0.05, 0.1) is 5.56 Å². The van der Waals surface area contributed by atoms with Gasteiger partial charge in [0.25, 0.3) is 11.8 Å². The quantitative estimate of drug-likeness (QED) is 0.694. The molecule has 0 saturated heterocycles. The van der Waals surface area contributed by atoms with Crippen LogP contribution in [-0.2, 0) is 0 Å². The minimum atomic E-state index is -1.25. The molecular weight excluding hydrogens is 324 g/mol. The second-order valence-corrected chi connectivity index (χ2v) is 5.25. The molecule has 0 atom stereocenters. The van der Waals surface area contributed by atoms with Gasteiger partial charge in [-0.2, -0.15) is 0 Å². The second kappa shape index (κ2) is 7.57. The molecule has 2 rings (SSSR count). The smallest absolute Gasteiger partial charge is 0.336 e. The number of benzene rings is 2. The van der Waals surface area contributed by atoms with E-state index in [2.05, 4.69) is 10.6 Å². The van der Waals surface area contributed by atoms with Crippen LogP contribution in [0.3, 0.4) is 0 Å². The van der Waals surface area contributed by atoms with Crippen LogP contribution >= 0.6 is 0 Å². The molecule has 0 unspecified atom stereocenters. The molecule has 7 heteroatoms. The molecule has 0 spiro atoms. The van der Waals surface area contributed by atoms with Crippen LogP contribution in [-0.4, -0.2) is 42.3 Å². The molecule has 0 fully saturated rings. The van der Waals surface area contributed by atoms with Crippen LogP contribution in [0.25, 0.3) is 10.8 Å². The Morgan fingerprint density at radius 3 is 1.80 bits per heavy atom. The average Bonchev–Trinajstić information content (AvgIpc) is 2.59. The van der Waals surface area contributed by atoms with E-state index in [0.29, 0.717) is 19.4 Å². The maximum absolute atomic E-state index is 12.3. The third-order valence-corrected chi connectivity index (χ3v) is 3.71. The zero-order valence-corrected chi connectivity index (χ0v) is 13.9. The normalized spacial score (nSPS) is 10.3. The van der Waals surface area contributed by atoms with Gasteiger partial charge in [0.15, 0.2) is 6.29 Å². The molecule has 0 aromatic heterocycles. The van der Waals surface area contributed by atoms with Gasteiger partial charge < -0.3 is 15.7 Å². The number of nitrogens with one attached hydrogen (secondary N) is 2. The number of rotatable bonds is 6. The highest BCUT2D eigenvalue weighted by molar-refractivity contribution is 6.22. The predicted octanol–water partition coefficient (Wildman–Crippen LogP) is 1.85. The summed E-state index contributed by atoms with van der Waals surface area (Å²) in [7, 11) is 0. The summed E-state index contributed by atoms with van der Waals surface area (Å²) in [5, 5.41) is 15.0. The van der Waals surface area contributed by atoms with Crippen molar-refractivity contribution in [2.45, 2.75) is 13.8 Å². The highest BCUT2D eigenvalue weighted by Crippen LogP contribution is 2.29. The summed E-state index contributed by atoms with van der Waals surface area (Å²) in [5.41, 5.74) is 0.251. The van der Waals surface area contributed by atoms with E-state index in [0.717, 1.165) is 0 Å². The zero-order valence-electron chi connectivity index (χ0n) is 13.9. The van der Waals surface area contributed by atoms with E-state index in [1.54, 1.807) is 13.8 Å². The lowest BCUT2D eigenvalue weighted by molar-refractivity contribution is 0.0698. The number of carboxylic acid groups (broad SMARTS) is 1. The van der Waals surface area contributed by atoms with Crippen LogP contribution in [0.15, 0.2) is 24.3 Å². The number of carbonyl (C=O) groups excluding carboxylic acids is 3. The monoisotopic (exact) mass is 342 g/mol. The third kappa shape index (κ3) is 3.35. The van der Waals surface area contributed by atoms with Crippen molar-refractivity contribution in [2.24, 2.45) is 0 Å². The van der Waals surface area contributed by atoms with Crippen molar-refractivity contribution in [2.75, 3.05) is 13.1 Å². The molecule has 3 N–H and O–H groups in total. The molecule has 0 radical (unpaired) electrons. The van der Waals surface area contributed by atoms with Crippen LogP contribution in [0.1, 0.15) is 55.3 Å². The largest absolute Gasteiger partial charge is 0.478 e. The number of hydrogen-bond acceptors (Lipinski definition) is 4. The van der Waals surface area contributed by atoms with E-state index in [1.807, 2.05) is 0 Å². The summed E-state index contributed by atoms with van der Waals surface area (Å²) in [4.78, 5) is 47.8. The van der Waals surface area contributed by atoms with E-state index in [9.17, 15) is 24.3 Å². The maximum atomic E-state index is 12.3. The highest BCUT2D eigenvalue weighted by Gasteiger charge is 2.23. The van der Waals surface area contributed by atoms with Crippen LogP contribution in [0.4, 0.5) is 0 Å². The SMILES string of the molecule is CCNC(=O)c1ccc(C(=O)NCC)c2c(C(=O)O)ccc(C=O)c12. The molecule has 2 amide bonds. The molecule has 7 nitrogen and oxygen atoms in total. The van der Waals surface area contributed by atoms with Crippen molar-refractivity contribution < 1.29 is 24.3 Å². The number of carboxylic acids is 1. The molecule has 0 aliphatic carbocycles. The van der Waals surface area contributed by atoms with Crippen LogP contribution in [0.5, 0.6) is 0 Å². The summed E-state index contributed by atoms with van der Waals surface area (Å²) in [6.07, 6.45) is 0.540. The van der Waals surface area contributed by atoms with Gasteiger partial charge in [0.2, 0.25) is 0 Å². The summed E-state index contributed by atoms with van der Waals surface area (Å²) < 4.78 is 0. The van der Waals surface area contributed by atoms with Gasteiger partial charge in [-0.1, -0.05) is 6.07 Å². The third-order valence-electron chi connectivity index (χ3n) is 3.71. The highest BCUT2D eigenvalue weighted by atomic mass is 16.4. The summed E-state index contributed by atoms with van der Waals surface area (Å²) >= 11 is 0. The zero-order chi connectivity index (χ0) is 18.6. The van der Waals surface area contributed by atoms with E-state index in [4.69, 9.17) is 0 Å². The molecule has 0 saturated carbocycles. The van der Waals surface area contributed by atoms with Gasteiger partial charge in [0.1, 0.15) is 0 Å². The Morgan fingerprint density at radius 2 is 1.36 bits per heavy atom. The van der Waals surface area contributed by atoms with Crippen molar-refractivity contribution in [1.82, 2.24) is 10.6 Å². The predicted molar refractivity (Wildman–Crippen MR) is 92.3 cm³/mol. The lowest BCUT2D eigenvalue weighted by atomic mass is 9.91. The van der Waals surface area contributed by atoms with Gasteiger partial charge in [0, 0.05) is 40.6 Å². The molecule has 0 aliphatic heterocycles. The average molecular weight is 342 g/mol. The molecule has 0 aliphatic rings. The van der Waals surface area contributed by atoms with Crippen molar-refractivity contribution in [3.63, 3.8) is 0 Å². The number of aldehydes is 1. The first-order chi connectivity index (χ1) is 12.0. The van der Waals surface area contributed by atoms with E-state index < -0.39 is 17.8 Å². The topological polar surface area (TPSA) is 113 Å². The van der Waals surface area contributed by atoms with E-state index in [1.165, 1.54) is 24.3 Å². The van der Waals surface area contributed by atoms with Gasteiger partial charge in [-0.05, 0) is 32.0 Å². The summed E-state index contributed by atoms with van der Waals surface area (Å²) in [6.45, 7) is 4.20. The number of carbonyl (C=O) groups is 4. The lowest BCUT2D eigenvalue weighted by Gasteiger charge is -2.14. The number of hydrogen-bond donors (Lipinski definition) is 3. The maximum Gasteiger partial charge on any atom is 0.336 e. The molecular formula is C18H18N2O5. The van der Waals surface area contributed by atoms with Gasteiger partial charge in [-0.3, -0.25) is 14.4 Å². The number of fused-ring (bicyclic) bond motifs is 1. The van der Waals surface area contributed by atoms with Gasteiger partial charge in [-0.25, -0.2) is 4.79 Å². The number of amides is 2. The Kier molecular flexibility index (Phi) is 5.49. The fourth-order valence-corrected chi connectivity index (χ4v) is 2.69. The fraction of sp³-hybridized carbons (Fsp3) is 0.222. The Morgan fingerprint density at radius 1 is 0.880 bits per heavy atom. The molecule has 2 aromatic rings. The Hall–Kier alpha value is -3.22. The first-order valence-corrected chi connectivity index (χ1v) is 7.80. The Bertz CT molecular complexity index is 873. The van der Waals surface area contributed by atoms with Gasteiger partial charge >= 0.3 is 5.97 Å². The van der Waals surface area contributed by atoms with Crippen LogP contribution in [0, 0.1) is 0 Å². The standard InChI is InChI=1S/C18H18N2O5/c1-3-19-16(22)11-7-8-12(17(23)20-4-2)15-13(18(24)25)6-5-10(9-21)14(11)15/h5-9H,3-4H2,1-2H3,(H,19,22)(H,20,23)(H,24,25). The fourth-order valence-electron chi connectivity index (χ4n) is 2.69. The first-order valence-electron chi connectivity index (χ1n) is 7.80. The second-order valence-electron chi connectivity index (χ2n) is 5.25. The minimum absolute atomic E-state index is 0.0757. The lowest BCUT2D eigenvalue weighted by Crippen LogP contribution is -2.26. The first kappa shape index (κ1) is 18.1. The molecule has 0 heterocycles.